The molecule has 0 amide bonds. The molecular formula is C8H18ClN. The van der Waals surface area contributed by atoms with E-state index >= 15 is 0 Å². The summed E-state index contributed by atoms with van der Waals surface area (Å²) in [5.41, 5.74) is 5.50. The third kappa shape index (κ3) is 2.89. The number of halogens is 1. The second-order valence-corrected chi connectivity index (χ2v) is 3.37. The topological polar surface area (TPSA) is 26.0 Å². The van der Waals surface area contributed by atoms with Gasteiger partial charge in [-0.3, -0.25) is 0 Å². The minimum Gasteiger partial charge on any atom is -0.330 e. The lowest BCUT2D eigenvalue weighted by Crippen LogP contribution is -2.19. The van der Waals surface area contributed by atoms with Crippen molar-refractivity contribution in [3.05, 3.63) is 0 Å². The van der Waals surface area contributed by atoms with E-state index in [1.54, 1.807) is 0 Å². The molecule has 0 aromatic heterocycles. The minimum absolute atomic E-state index is 0. The summed E-state index contributed by atoms with van der Waals surface area (Å²) in [7, 11) is 0. The van der Waals surface area contributed by atoms with Gasteiger partial charge in [-0.05, 0) is 24.8 Å². The zero-order valence-corrected chi connectivity index (χ0v) is 7.49. The van der Waals surface area contributed by atoms with Gasteiger partial charge in [0.1, 0.15) is 0 Å². The zero-order valence-electron chi connectivity index (χ0n) is 6.68. The highest BCUT2D eigenvalue weighted by Crippen LogP contribution is 2.31. The first-order valence-corrected chi connectivity index (χ1v) is 4.03. The SMILES string of the molecule is CC(CN)CC1CCC1.Cl. The predicted octanol–water partition coefficient (Wildman–Crippen LogP) is 2.19. The molecule has 1 saturated carbocycles. The van der Waals surface area contributed by atoms with Crippen LogP contribution in [-0.4, -0.2) is 6.54 Å². The van der Waals surface area contributed by atoms with Crippen LogP contribution in [0.3, 0.4) is 0 Å². The van der Waals surface area contributed by atoms with Crippen LogP contribution in [0.5, 0.6) is 0 Å². The highest BCUT2D eigenvalue weighted by Gasteiger charge is 2.18. The van der Waals surface area contributed by atoms with Crippen LogP contribution in [0.15, 0.2) is 0 Å². The van der Waals surface area contributed by atoms with Crippen LogP contribution < -0.4 is 5.73 Å². The van der Waals surface area contributed by atoms with Crippen molar-refractivity contribution >= 4 is 12.4 Å². The molecule has 1 atom stereocenters. The van der Waals surface area contributed by atoms with Crippen LogP contribution in [0.25, 0.3) is 0 Å². The highest BCUT2D eigenvalue weighted by atomic mass is 35.5. The smallest absolute Gasteiger partial charge is 0.00514 e. The fraction of sp³-hybridized carbons (Fsp3) is 1.00. The van der Waals surface area contributed by atoms with Crippen molar-refractivity contribution in [2.24, 2.45) is 17.6 Å². The van der Waals surface area contributed by atoms with Gasteiger partial charge >= 0.3 is 0 Å². The third-order valence-electron chi connectivity index (χ3n) is 2.36. The standard InChI is InChI=1S/C8H17N.ClH/c1-7(6-9)5-8-3-2-4-8;/h7-8H,2-6,9H2,1H3;1H. The first-order valence-electron chi connectivity index (χ1n) is 4.03. The maximum Gasteiger partial charge on any atom is -0.00514 e. The Morgan fingerprint density at radius 2 is 2.10 bits per heavy atom. The van der Waals surface area contributed by atoms with Crippen molar-refractivity contribution in [1.29, 1.82) is 0 Å². The number of nitrogens with two attached hydrogens (primary N) is 1. The molecule has 1 nitrogen and oxygen atoms in total. The van der Waals surface area contributed by atoms with Crippen molar-refractivity contribution in [2.75, 3.05) is 6.54 Å². The maximum atomic E-state index is 5.50. The van der Waals surface area contributed by atoms with E-state index in [0.717, 1.165) is 18.4 Å². The van der Waals surface area contributed by atoms with Gasteiger partial charge in [0.2, 0.25) is 0 Å². The minimum atomic E-state index is 0. The van der Waals surface area contributed by atoms with E-state index in [-0.39, 0.29) is 12.4 Å². The van der Waals surface area contributed by atoms with Gasteiger partial charge in [-0.2, -0.15) is 0 Å². The van der Waals surface area contributed by atoms with Crippen molar-refractivity contribution in [3.8, 4) is 0 Å². The molecule has 2 N–H and O–H groups in total. The summed E-state index contributed by atoms with van der Waals surface area (Å²) in [6.45, 7) is 3.12. The van der Waals surface area contributed by atoms with E-state index in [0.29, 0.717) is 0 Å². The van der Waals surface area contributed by atoms with E-state index < -0.39 is 0 Å². The molecule has 0 aromatic carbocycles. The summed E-state index contributed by atoms with van der Waals surface area (Å²) in [4.78, 5) is 0. The lowest BCUT2D eigenvalue weighted by molar-refractivity contribution is 0.259. The van der Waals surface area contributed by atoms with E-state index in [4.69, 9.17) is 5.73 Å². The van der Waals surface area contributed by atoms with E-state index in [9.17, 15) is 0 Å². The van der Waals surface area contributed by atoms with Crippen LogP contribution in [0.4, 0.5) is 0 Å². The lowest BCUT2D eigenvalue weighted by Gasteiger charge is -2.27. The Balaban J connectivity index is 0.000000810. The highest BCUT2D eigenvalue weighted by molar-refractivity contribution is 5.85. The van der Waals surface area contributed by atoms with Gasteiger partial charge in [0.05, 0.1) is 0 Å². The average Bonchev–Trinajstić information content (AvgIpc) is 1.78. The Bertz CT molecular complexity index is 78.6. The van der Waals surface area contributed by atoms with Crippen LogP contribution in [0.2, 0.25) is 0 Å². The quantitative estimate of drug-likeness (QED) is 0.679. The first kappa shape index (κ1) is 10.2. The van der Waals surface area contributed by atoms with Gasteiger partial charge in [0.25, 0.3) is 0 Å². The zero-order chi connectivity index (χ0) is 6.69. The lowest BCUT2D eigenvalue weighted by atomic mass is 9.79. The number of hydrogen-bond donors (Lipinski definition) is 1. The maximum absolute atomic E-state index is 5.50. The van der Waals surface area contributed by atoms with E-state index in [1.165, 1.54) is 25.7 Å². The molecule has 0 heterocycles. The van der Waals surface area contributed by atoms with Crippen molar-refractivity contribution in [2.45, 2.75) is 32.6 Å². The van der Waals surface area contributed by atoms with Crippen molar-refractivity contribution < 1.29 is 0 Å². The molecule has 0 aromatic rings. The molecule has 0 radical (unpaired) electrons. The molecule has 62 valence electrons. The third-order valence-corrected chi connectivity index (χ3v) is 2.36. The van der Waals surface area contributed by atoms with Gasteiger partial charge in [-0.1, -0.05) is 26.2 Å². The molecule has 0 bridgehead atoms. The van der Waals surface area contributed by atoms with Crippen molar-refractivity contribution in [1.82, 2.24) is 0 Å². The second kappa shape index (κ2) is 4.97. The first-order chi connectivity index (χ1) is 4.33. The Hall–Kier alpha value is 0.250. The predicted molar refractivity (Wildman–Crippen MR) is 47.4 cm³/mol. The molecule has 1 fully saturated rings. The summed E-state index contributed by atoms with van der Waals surface area (Å²) in [6.07, 6.45) is 5.76. The van der Waals surface area contributed by atoms with Gasteiger partial charge in [0, 0.05) is 0 Å². The summed E-state index contributed by atoms with van der Waals surface area (Å²) >= 11 is 0. The summed E-state index contributed by atoms with van der Waals surface area (Å²) in [6, 6.07) is 0. The van der Waals surface area contributed by atoms with E-state index in [2.05, 4.69) is 6.92 Å². The number of hydrogen-bond acceptors (Lipinski definition) is 1. The Morgan fingerprint density at radius 3 is 2.40 bits per heavy atom. The monoisotopic (exact) mass is 163 g/mol. The molecule has 10 heavy (non-hydrogen) atoms. The molecule has 1 aliphatic rings. The van der Waals surface area contributed by atoms with Crippen LogP contribution >= 0.6 is 12.4 Å². The van der Waals surface area contributed by atoms with E-state index in [1.807, 2.05) is 0 Å². The molecule has 1 rings (SSSR count). The molecular weight excluding hydrogens is 146 g/mol. The Kier molecular flexibility index (Phi) is 5.10. The largest absolute Gasteiger partial charge is 0.330 e. The Morgan fingerprint density at radius 1 is 1.50 bits per heavy atom. The normalized spacial score (nSPS) is 21.0. The molecule has 0 aliphatic heterocycles. The van der Waals surface area contributed by atoms with Crippen molar-refractivity contribution in [3.63, 3.8) is 0 Å². The van der Waals surface area contributed by atoms with Crippen LogP contribution in [0, 0.1) is 11.8 Å². The molecule has 2 heteroatoms. The van der Waals surface area contributed by atoms with Gasteiger partial charge < -0.3 is 5.73 Å². The molecule has 0 spiro atoms. The molecule has 0 saturated heterocycles. The second-order valence-electron chi connectivity index (χ2n) is 3.37. The van der Waals surface area contributed by atoms with Gasteiger partial charge in [-0.25, -0.2) is 0 Å². The Labute approximate surface area is 69.8 Å². The average molecular weight is 164 g/mol. The fourth-order valence-corrected chi connectivity index (χ4v) is 1.39. The van der Waals surface area contributed by atoms with Gasteiger partial charge in [-0.15, -0.1) is 12.4 Å². The molecule has 1 aliphatic carbocycles. The van der Waals surface area contributed by atoms with Crippen LogP contribution in [-0.2, 0) is 0 Å². The summed E-state index contributed by atoms with van der Waals surface area (Å²) in [5, 5.41) is 0. The fourth-order valence-electron chi connectivity index (χ4n) is 1.39. The summed E-state index contributed by atoms with van der Waals surface area (Å²) < 4.78 is 0. The summed E-state index contributed by atoms with van der Waals surface area (Å²) in [5.74, 6) is 1.79. The number of rotatable bonds is 3. The van der Waals surface area contributed by atoms with Gasteiger partial charge in [0.15, 0.2) is 0 Å². The van der Waals surface area contributed by atoms with Crippen LogP contribution in [0.1, 0.15) is 32.6 Å². The molecule has 1 unspecified atom stereocenters.